The minimum absolute atomic E-state index is 0.123. The fourth-order valence-corrected chi connectivity index (χ4v) is 5.49. The molecular weight excluding hydrogens is 410 g/mol. The van der Waals surface area contributed by atoms with Crippen molar-refractivity contribution in [2.75, 3.05) is 5.32 Å². The molecule has 0 saturated heterocycles. The number of benzene rings is 2. The quantitative estimate of drug-likeness (QED) is 0.511. The number of aromatic nitrogens is 4. The molecule has 0 bridgehead atoms. The van der Waals surface area contributed by atoms with E-state index in [1.807, 2.05) is 31.2 Å². The van der Waals surface area contributed by atoms with Crippen molar-refractivity contribution in [2.45, 2.75) is 55.5 Å². The Kier molecular flexibility index (Phi) is 4.89. The first-order chi connectivity index (χ1) is 14.9. The average molecular weight is 436 g/mol. The Balaban J connectivity index is 1.65. The summed E-state index contributed by atoms with van der Waals surface area (Å²) in [5.41, 5.74) is 2.01. The molecule has 1 aliphatic rings. The zero-order chi connectivity index (χ0) is 21.6. The number of nitrogens with zero attached hydrogens (tertiary/aromatic N) is 4. The van der Waals surface area contributed by atoms with Crippen molar-refractivity contribution in [2.24, 2.45) is 5.92 Å². The summed E-state index contributed by atoms with van der Waals surface area (Å²) in [7, 11) is -3.85. The first kappa shape index (κ1) is 19.9. The summed E-state index contributed by atoms with van der Waals surface area (Å²) < 4.78 is 28.2. The number of fused-ring (bicyclic) bond motifs is 3. The van der Waals surface area contributed by atoms with Gasteiger partial charge in [0.25, 0.3) is 0 Å². The molecule has 2 aromatic carbocycles. The molecule has 2 heterocycles. The van der Waals surface area contributed by atoms with Gasteiger partial charge in [0, 0.05) is 11.4 Å². The van der Waals surface area contributed by atoms with E-state index in [0.717, 1.165) is 35.2 Å². The van der Waals surface area contributed by atoms with Crippen molar-refractivity contribution in [1.82, 2.24) is 19.8 Å². The summed E-state index contributed by atoms with van der Waals surface area (Å²) in [6.45, 7) is 4.21. The van der Waals surface area contributed by atoms with Crippen LogP contribution in [0.3, 0.4) is 0 Å². The number of hydrogen-bond acceptors (Lipinski definition) is 6. The van der Waals surface area contributed by atoms with Gasteiger partial charge >= 0.3 is 0 Å². The van der Waals surface area contributed by atoms with Gasteiger partial charge in [-0.2, -0.15) is 4.52 Å². The Hall–Kier alpha value is -3.00. The Morgan fingerprint density at radius 3 is 2.45 bits per heavy atom. The lowest BCUT2D eigenvalue weighted by Crippen LogP contribution is -2.26. The van der Waals surface area contributed by atoms with Crippen LogP contribution in [0.5, 0.6) is 0 Å². The van der Waals surface area contributed by atoms with Crippen LogP contribution in [0, 0.1) is 12.8 Å². The highest BCUT2D eigenvalue weighted by Gasteiger charge is 2.27. The Morgan fingerprint density at radius 1 is 1.00 bits per heavy atom. The van der Waals surface area contributed by atoms with Gasteiger partial charge in [0.05, 0.1) is 10.4 Å². The molecule has 1 N–H and O–H groups in total. The van der Waals surface area contributed by atoms with Gasteiger partial charge in [0.1, 0.15) is 5.82 Å². The highest BCUT2D eigenvalue weighted by atomic mass is 32.2. The summed E-state index contributed by atoms with van der Waals surface area (Å²) in [5, 5.41) is 12.6. The standard InChI is InChI=1S/C23H25N5O2S/c1-15-7-11-17(12-8-15)24-21-19-5-3-4-6-20(19)28-22(25-21)23(26-27-28)31(29,30)18-13-9-16(2)10-14-18/h3-6,9-10,13-15,17H,7-8,11-12H2,1-2H3,(H,24,25). The number of hydrogen-bond donors (Lipinski definition) is 1. The number of rotatable bonds is 4. The molecule has 31 heavy (non-hydrogen) atoms. The molecule has 1 saturated carbocycles. The van der Waals surface area contributed by atoms with Gasteiger partial charge in [-0.3, -0.25) is 0 Å². The van der Waals surface area contributed by atoms with Crippen molar-refractivity contribution in [1.29, 1.82) is 0 Å². The molecule has 1 aliphatic carbocycles. The molecule has 4 aromatic rings. The molecule has 0 aliphatic heterocycles. The van der Waals surface area contributed by atoms with E-state index in [2.05, 4.69) is 22.6 Å². The summed E-state index contributed by atoms with van der Waals surface area (Å²) in [5.74, 6) is 1.43. The van der Waals surface area contributed by atoms with E-state index in [9.17, 15) is 8.42 Å². The maximum atomic E-state index is 13.3. The van der Waals surface area contributed by atoms with Gasteiger partial charge in [-0.15, -0.1) is 5.10 Å². The van der Waals surface area contributed by atoms with Crippen LogP contribution in [-0.4, -0.2) is 34.3 Å². The smallest absolute Gasteiger partial charge is 0.229 e. The number of sulfone groups is 1. The lowest BCUT2D eigenvalue weighted by atomic mass is 9.87. The predicted octanol–water partition coefficient (Wildman–Crippen LogP) is 4.41. The van der Waals surface area contributed by atoms with E-state index in [1.54, 1.807) is 24.3 Å². The average Bonchev–Trinajstić information content (AvgIpc) is 3.21. The molecule has 0 atom stereocenters. The van der Waals surface area contributed by atoms with E-state index in [4.69, 9.17) is 4.98 Å². The lowest BCUT2D eigenvalue weighted by molar-refractivity contribution is 0.361. The first-order valence-electron chi connectivity index (χ1n) is 10.7. The molecule has 0 amide bonds. The Labute approximate surface area is 181 Å². The minimum Gasteiger partial charge on any atom is -0.367 e. The summed E-state index contributed by atoms with van der Waals surface area (Å²) >= 11 is 0. The minimum atomic E-state index is -3.85. The Morgan fingerprint density at radius 2 is 1.71 bits per heavy atom. The van der Waals surface area contributed by atoms with Crippen molar-refractivity contribution in [3.8, 4) is 0 Å². The number of anilines is 1. The van der Waals surface area contributed by atoms with Crippen LogP contribution in [0.1, 0.15) is 38.2 Å². The van der Waals surface area contributed by atoms with Crippen LogP contribution in [-0.2, 0) is 9.84 Å². The lowest BCUT2D eigenvalue weighted by Gasteiger charge is -2.27. The van der Waals surface area contributed by atoms with Gasteiger partial charge in [-0.25, -0.2) is 13.4 Å². The van der Waals surface area contributed by atoms with Gasteiger partial charge in [-0.05, 0) is 62.8 Å². The highest BCUT2D eigenvalue weighted by molar-refractivity contribution is 7.91. The van der Waals surface area contributed by atoms with E-state index in [-0.39, 0.29) is 15.6 Å². The maximum absolute atomic E-state index is 13.3. The van der Waals surface area contributed by atoms with Gasteiger partial charge in [0.2, 0.25) is 14.9 Å². The second kappa shape index (κ2) is 7.60. The van der Waals surface area contributed by atoms with Crippen molar-refractivity contribution < 1.29 is 8.42 Å². The molecule has 160 valence electrons. The van der Waals surface area contributed by atoms with Crippen molar-refractivity contribution in [3.05, 3.63) is 54.1 Å². The Bertz CT molecular complexity index is 1350. The monoisotopic (exact) mass is 435 g/mol. The third kappa shape index (κ3) is 3.54. The summed E-state index contributed by atoms with van der Waals surface area (Å²) in [4.78, 5) is 4.92. The van der Waals surface area contributed by atoms with Crippen LogP contribution in [0.15, 0.2) is 58.5 Å². The van der Waals surface area contributed by atoms with Gasteiger partial charge < -0.3 is 5.32 Å². The molecule has 0 spiro atoms. The number of nitrogens with one attached hydrogen (secondary N) is 1. The van der Waals surface area contributed by atoms with Crippen LogP contribution in [0.2, 0.25) is 0 Å². The van der Waals surface area contributed by atoms with E-state index < -0.39 is 9.84 Å². The van der Waals surface area contributed by atoms with Crippen LogP contribution >= 0.6 is 0 Å². The van der Waals surface area contributed by atoms with Crippen LogP contribution in [0.25, 0.3) is 16.6 Å². The normalized spacial score (nSPS) is 19.7. The van der Waals surface area contributed by atoms with E-state index >= 15 is 0 Å². The van der Waals surface area contributed by atoms with Crippen LogP contribution in [0.4, 0.5) is 5.82 Å². The fraction of sp³-hybridized carbons (Fsp3) is 0.348. The third-order valence-corrected chi connectivity index (χ3v) is 7.83. The molecular formula is C23H25N5O2S. The van der Waals surface area contributed by atoms with E-state index in [1.165, 1.54) is 17.4 Å². The van der Waals surface area contributed by atoms with Gasteiger partial charge in [-0.1, -0.05) is 42.0 Å². The second-order valence-electron chi connectivity index (χ2n) is 8.53. The molecule has 7 nitrogen and oxygen atoms in total. The molecule has 1 fully saturated rings. The largest absolute Gasteiger partial charge is 0.367 e. The van der Waals surface area contributed by atoms with Crippen LogP contribution < -0.4 is 5.32 Å². The fourth-order valence-electron chi connectivity index (χ4n) is 4.26. The molecule has 5 rings (SSSR count). The maximum Gasteiger partial charge on any atom is 0.229 e. The number of aryl methyl sites for hydroxylation is 1. The summed E-state index contributed by atoms with van der Waals surface area (Å²) in [6.07, 6.45) is 4.51. The predicted molar refractivity (Wildman–Crippen MR) is 120 cm³/mol. The second-order valence-corrected chi connectivity index (χ2v) is 10.4. The third-order valence-electron chi connectivity index (χ3n) is 6.16. The van der Waals surface area contributed by atoms with Crippen molar-refractivity contribution in [3.63, 3.8) is 0 Å². The topological polar surface area (TPSA) is 89.2 Å². The number of para-hydroxylation sites is 1. The first-order valence-corrected chi connectivity index (χ1v) is 12.1. The van der Waals surface area contributed by atoms with E-state index in [0.29, 0.717) is 11.9 Å². The summed E-state index contributed by atoms with van der Waals surface area (Å²) in [6, 6.07) is 14.8. The zero-order valence-electron chi connectivity index (χ0n) is 17.6. The molecule has 2 aromatic heterocycles. The SMILES string of the molecule is Cc1ccc(S(=O)(=O)c2nnn3c2nc(NC2CCC(C)CC2)c2ccccc23)cc1. The zero-order valence-corrected chi connectivity index (χ0v) is 18.4. The van der Waals surface area contributed by atoms with Gasteiger partial charge in [0.15, 0.2) is 5.65 Å². The molecule has 8 heteroatoms. The molecule has 0 unspecified atom stereocenters. The van der Waals surface area contributed by atoms with Crippen molar-refractivity contribution >= 4 is 32.2 Å². The molecule has 0 radical (unpaired) electrons. The highest BCUT2D eigenvalue weighted by Crippen LogP contribution is 2.31.